The van der Waals surface area contributed by atoms with Gasteiger partial charge in [-0.05, 0) is 32.7 Å². The molecule has 1 heterocycles. The predicted octanol–water partition coefficient (Wildman–Crippen LogP) is 2.60. The second kappa shape index (κ2) is 5.11. The lowest BCUT2D eigenvalue weighted by molar-refractivity contribution is 0.237. The van der Waals surface area contributed by atoms with E-state index in [2.05, 4.69) is 41.0 Å². The molecule has 98 valence electrons. The monoisotopic (exact) mass is 246 g/mol. The number of hydrogen-bond acceptors (Lipinski definition) is 3. The van der Waals surface area contributed by atoms with E-state index in [-0.39, 0.29) is 5.54 Å². The van der Waals surface area contributed by atoms with Crippen molar-refractivity contribution in [2.45, 2.75) is 57.0 Å². The summed E-state index contributed by atoms with van der Waals surface area (Å²) in [5.41, 5.74) is -0.360. The van der Waals surface area contributed by atoms with Crippen molar-refractivity contribution in [3.05, 3.63) is 18.2 Å². The molecule has 1 aliphatic carbocycles. The number of nitrogens with zero attached hydrogens (tertiary/aromatic N) is 3. The Balaban J connectivity index is 2.24. The molecule has 2 rings (SSSR count). The zero-order chi connectivity index (χ0) is 13.2. The van der Waals surface area contributed by atoms with E-state index in [1.54, 1.807) is 0 Å². The third-order valence-corrected chi connectivity index (χ3v) is 4.03. The van der Waals surface area contributed by atoms with Crippen LogP contribution in [0.3, 0.4) is 0 Å². The molecule has 0 aliphatic heterocycles. The van der Waals surface area contributed by atoms with Crippen molar-refractivity contribution in [2.24, 2.45) is 0 Å². The Morgan fingerprint density at radius 1 is 1.61 bits per heavy atom. The van der Waals surface area contributed by atoms with Crippen molar-refractivity contribution in [1.82, 2.24) is 14.9 Å². The molecule has 1 saturated carbocycles. The Hall–Kier alpha value is -1.34. The van der Waals surface area contributed by atoms with Gasteiger partial charge in [-0.2, -0.15) is 5.26 Å². The molecular formula is C14H22N4. The van der Waals surface area contributed by atoms with Gasteiger partial charge in [0.1, 0.15) is 11.4 Å². The van der Waals surface area contributed by atoms with Crippen LogP contribution in [0, 0.1) is 11.3 Å². The number of hydrogen-bond donors (Lipinski definition) is 1. The molecule has 1 aromatic rings. The highest BCUT2D eigenvalue weighted by Gasteiger charge is 2.36. The van der Waals surface area contributed by atoms with Gasteiger partial charge in [-0.15, -0.1) is 0 Å². The zero-order valence-corrected chi connectivity index (χ0v) is 11.5. The third kappa shape index (κ3) is 2.28. The molecule has 1 aromatic heterocycles. The summed E-state index contributed by atoms with van der Waals surface area (Å²) in [5.74, 6) is 1.55. The minimum atomic E-state index is -0.360. The summed E-state index contributed by atoms with van der Waals surface area (Å²) in [6, 6.07) is 2.86. The fourth-order valence-electron chi connectivity index (χ4n) is 2.95. The summed E-state index contributed by atoms with van der Waals surface area (Å²) < 4.78 is 2.27. The van der Waals surface area contributed by atoms with E-state index in [1.807, 2.05) is 13.2 Å². The average molecular weight is 246 g/mol. The first-order valence-electron chi connectivity index (χ1n) is 6.75. The smallest absolute Gasteiger partial charge is 0.111 e. The largest absolute Gasteiger partial charge is 0.332 e. The molecule has 0 spiro atoms. The van der Waals surface area contributed by atoms with Crippen LogP contribution in [0.25, 0.3) is 0 Å². The van der Waals surface area contributed by atoms with Crippen LogP contribution in [-0.2, 0) is 0 Å². The van der Waals surface area contributed by atoms with Crippen molar-refractivity contribution in [1.29, 1.82) is 5.26 Å². The first-order chi connectivity index (χ1) is 8.62. The van der Waals surface area contributed by atoms with Gasteiger partial charge in [0.05, 0.1) is 6.07 Å². The van der Waals surface area contributed by atoms with Crippen molar-refractivity contribution in [3.8, 4) is 6.07 Å². The molecule has 0 bridgehead atoms. The van der Waals surface area contributed by atoms with Crippen molar-refractivity contribution < 1.29 is 0 Å². The SMILES string of the molecule is CNC1(C#N)CCCC(n2ccnc2C(C)C)C1. The number of nitrogens with one attached hydrogen (secondary N) is 1. The first kappa shape index (κ1) is 13.1. The van der Waals surface area contributed by atoms with E-state index in [9.17, 15) is 5.26 Å². The maximum Gasteiger partial charge on any atom is 0.111 e. The first-order valence-corrected chi connectivity index (χ1v) is 6.75. The van der Waals surface area contributed by atoms with Crippen LogP contribution in [-0.4, -0.2) is 22.1 Å². The van der Waals surface area contributed by atoms with Gasteiger partial charge < -0.3 is 9.88 Å². The molecule has 1 fully saturated rings. The van der Waals surface area contributed by atoms with Gasteiger partial charge in [-0.25, -0.2) is 4.98 Å². The maximum atomic E-state index is 9.40. The third-order valence-electron chi connectivity index (χ3n) is 4.03. The van der Waals surface area contributed by atoms with E-state index in [4.69, 9.17) is 0 Å². The lowest BCUT2D eigenvalue weighted by Gasteiger charge is -2.36. The molecule has 0 amide bonds. The number of imidazole rings is 1. The lowest BCUT2D eigenvalue weighted by atomic mass is 9.80. The standard InChI is InChI=1S/C14H22N4/c1-11(2)13-17-7-8-18(13)12-5-4-6-14(9-12,10-15)16-3/h7-8,11-12,16H,4-6,9H2,1-3H3. The quantitative estimate of drug-likeness (QED) is 0.892. The van der Waals surface area contributed by atoms with Gasteiger partial charge in [0.25, 0.3) is 0 Å². The van der Waals surface area contributed by atoms with Crippen LogP contribution < -0.4 is 5.32 Å². The Labute approximate surface area is 109 Å². The lowest BCUT2D eigenvalue weighted by Crippen LogP contribution is -2.46. The number of nitriles is 1. The summed E-state index contributed by atoms with van der Waals surface area (Å²) in [4.78, 5) is 4.45. The summed E-state index contributed by atoms with van der Waals surface area (Å²) >= 11 is 0. The highest BCUT2D eigenvalue weighted by Crippen LogP contribution is 2.36. The van der Waals surface area contributed by atoms with E-state index >= 15 is 0 Å². The van der Waals surface area contributed by atoms with Crippen LogP contribution in [0.5, 0.6) is 0 Å². The maximum absolute atomic E-state index is 9.40. The second-order valence-corrected chi connectivity index (χ2v) is 5.54. The van der Waals surface area contributed by atoms with Gasteiger partial charge in [-0.3, -0.25) is 0 Å². The predicted molar refractivity (Wildman–Crippen MR) is 71.2 cm³/mol. The fraction of sp³-hybridized carbons (Fsp3) is 0.714. The molecule has 1 aliphatic rings. The summed E-state index contributed by atoms with van der Waals surface area (Å²) in [6.45, 7) is 4.33. The topological polar surface area (TPSA) is 53.6 Å². The van der Waals surface area contributed by atoms with Crippen LogP contribution in [0.15, 0.2) is 12.4 Å². The van der Waals surface area contributed by atoms with E-state index in [1.165, 1.54) is 0 Å². The molecule has 2 unspecified atom stereocenters. The summed E-state index contributed by atoms with van der Waals surface area (Å²) in [5, 5.41) is 12.6. The van der Waals surface area contributed by atoms with Gasteiger partial charge in [0.2, 0.25) is 0 Å². The summed E-state index contributed by atoms with van der Waals surface area (Å²) in [7, 11) is 1.89. The van der Waals surface area contributed by atoms with Gasteiger partial charge >= 0.3 is 0 Å². The van der Waals surface area contributed by atoms with Crippen molar-refractivity contribution >= 4 is 0 Å². The fourth-order valence-corrected chi connectivity index (χ4v) is 2.95. The number of aromatic nitrogens is 2. The minimum Gasteiger partial charge on any atom is -0.332 e. The van der Waals surface area contributed by atoms with Gasteiger partial charge in [0.15, 0.2) is 0 Å². The van der Waals surface area contributed by atoms with Crippen LogP contribution in [0.2, 0.25) is 0 Å². The van der Waals surface area contributed by atoms with Gasteiger partial charge in [0, 0.05) is 24.4 Å². The molecule has 18 heavy (non-hydrogen) atoms. The van der Waals surface area contributed by atoms with E-state index in [0.29, 0.717) is 12.0 Å². The molecule has 0 aromatic carbocycles. The Morgan fingerprint density at radius 3 is 3.00 bits per heavy atom. The average Bonchev–Trinajstić information content (AvgIpc) is 2.88. The molecular weight excluding hydrogens is 224 g/mol. The Kier molecular flexibility index (Phi) is 3.72. The van der Waals surface area contributed by atoms with Crippen molar-refractivity contribution in [3.63, 3.8) is 0 Å². The Morgan fingerprint density at radius 2 is 2.39 bits per heavy atom. The zero-order valence-electron chi connectivity index (χ0n) is 11.5. The Bertz CT molecular complexity index is 443. The molecule has 4 nitrogen and oxygen atoms in total. The van der Waals surface area contributed by atoms with Crippen LogP contribution in [0.4, 0.5) is 0 Å². The van der Waals surface area contributed by atoms with Crippen LogP contribution >= 0.6 is 0 Å². The van der Waals surface area contributed by atoms with E-state index < -0.39 is 0 Å². The second-order valence-electron chi connectivity index (χ2n) is 5.54. The summed E-state index contributed by atoms with van der Waals surface area (Å²) in [6.07, 6.45) is 7.98. The van der Waals surface area contributed by atoms with Crippen molar-refractivity contribution in [2.75, 3.05) is 7.05 Å². The van der Waals surface area contributed by atoms with Crippen LogP contribution in [0.1, 0.15) is 57.3 Å². The minimum absolute atomic E-state index is 0.360. The van der Waals surface area contributed by atoms with Gasteiger partial charge in [-0.1, -0.05) is 13.8 Å². The van der Waals surface area contributed by atoms with E-state index in [0.717, 1.165) is 31.5 Å². The highest BCUT2D eigenvalue weighted by atomic mass is 15.1. The molecule has 2 atom stereocenters. The molecule has 4 heteroatoms. The molecule has 1 N–H and O–H groups in total. The highest BCUT2D eigenvalue weighted by molar-refractivity contribution is 5.12. The normalized spacial score (nSPS) is 28.3. The number of rotatable bonds is 3. The molecule has 0 saturated heterocycles. The molecule has 0 radical (unpaired) electrons.